The third-order valence-corrected chi connectivity index (χ3v) is 4.87. The molecule has 0 radical (unpaired) electrons. The van der Waals surface area contributed by atoms with Gasteiger partial charge in [0.25, 0.3) is 11.5 Å². The van der Waals surface area contributed by atoms with E-state index < -0.39 is 0 Å². The lowest BCUT2D eigenvalue weighted by Gasteiger charge is -2.09. The van der Waals surface area contributed by atoms with E-state index >= 15 is 0 Å². The molecule has 1 amide bonds. The SMILES string of the molecule is Cc1cccc(OCC(=O)NCCn2ncc3c(=O)n(Cc4cccc(F)c4)cnc32)c1. The van der Waals surface area contributed by atoms with Crippen molar-refractivity contribution in [2.75, 3.05) is 13.2 Å². The van der Waals surface area contributed by atoms with Crippen molar-refractivity contribution in [3.05, 3.63) is 88.4 Å². The fourth-order valence-corrected chi connectivity index (χ4v) is 3.31. The molecule has 0 aliphatic carbocycles. The third kappa shape index (κ3) is 5.00. The van der Waals surface area contributed by atoms with Crippen LogP contribution >= 0.6 is 0 Å². The van der Waals surface area contributed by atoms with Crippen LogP contribution in [0.4, 0.5) is 4.39 Å². The Morgan fingerprint density at radius 3 is 2.84 bits per heavy atom. The first-order valence-corrected chi connectivity index (χ1v) is 10.1. The van der Waals surface area contributed by atoms with E-state index in [0.717, 1.165) is 5.56 Å². The third-order valence-electron chi connectivity index (χ3n) is 4.87. The standard InChI is InChI=1S/C23H22FN5O3/c1-16-4-2-7-19(10-16)32-14-21(30)25-8-9-29-22-20(12-27-29)23(31)28(15-26-22)13-17-5-3-6-18(24)11-17/h2-7,10-12,15H,8-9,13-14H2,1H3,(H,25,30). The van der Waals surface area contributed by atoms with Crippen LogP contribution in [0.2, 0.25) is 0 Å². The molecule has 0 saturated carbocycles. The van der Waals surface area contributed by atoms with E-state index in [1.54, 1.807) is 22.9 Å². The van der Waals surface area contributed by atoms with Crippen molar-refractivity contribution in [1.82, 2.24) is 24.6 Å². The molecule has 4 rings (SSSR count). The summed E-state index contributed by atoms with van der Waals surface area (Å²) in [6.07, 6.45) is 2.87. The molecule has 1 N–H and O–H groups in total. The van der Waals surface area contributed by atoms with Gasteiger partial charge in [-0.05, 0) is 42.3 Å². The van der Waals surface area contributed by atoms with Crippen LogP contribution in [0.3, 0.4) is 0 Å². The number of ether oxygens (including phenoxy) is 1. The number of amides is 1. The maximum atomic E-state index is 13.4. The normalized spacial score (nSPS) is 10.9. The van der Waals surface area contributed by atoms with Gasteiger partial charge in [0.05, 0.1) is 19.3 Å². The fraction of sp³-hybridized carbons (Fsp3) is 0.217. The Labute approximate surface area is 183 Å². The summed E-state index contributed by atoms with van der Waals surface area (Å²) in [7, 11) is 0. The summed E-state index contributed by atoms with van der Waals surface area (Å²) in [6.45, 7) is 2.72. The number of carbonyl (C=O) groups excluding carboxylic acids is 1. The van der Waals surface area contributed by atoms with E-state index in [4.69, 9.17) is 4.74 Å². The average Bonchev–Trinajstić information content (AvgIpc) is 3.18. The monoisotopic (exact) mass is 435 g/mol. The minimum absolute atomic E-state index is 0.0909. The van der Waals surface area contributed by atoms with Crippen LogP contribution < -0.4 is 15.6 Å². The smallest absolute Gasteiger partial charge is 0.264 e. The summed E-state index contributed by atoms with van der Waals surface area (Å²) in [4.78, 5) is 29.1. The molecule has 0 atom stereocenters. The van der Waals surface area contributed by atoms with Gasteiger partial charge in [-0.1, -0.05) is 24.3 Å². The maximum Gasteiger partial charge on any atom is 0.264 e. The van der Waals surface area contributed by atoms with E-state index in [-0.39, 0.29) is 30.4 Å². The minimum Gasteiger partial charge on any atom is -0.484 e. The van der Waals surface area contributed by atoms with Gasteiger partial charge >= 0.3 is 0 Å². The number of nitrogens with zero attached hydrogens (tertiary/aromatic N) is 4. The molecule has 32 heavy (non-hydrogen) atoms. The van der Waals surface area contributed by atoms with Gasteiger partial charge in [0.1, 0.15) is 23.3 Å². The van der Waals surface area contributed by atoms with Gasteiger partial charge in [-0.25, -0.2) is 14.1 Å². The number of hydrogen-bond donors (Lipinski definition) is 1. The lowest BCUT2D eigenvalue weighted by molar-refractivity contribution is -0.123. The fourth-order valence-electron chi connectivity index (χ4n) is 3.31. The van der Waals surface area contributed by atoms with Crippen molar-refractivity contribution in [2.24, 2.45) is 0 Å². The Morgan fingerprint density at radius 1 is 1.19 bits per heavy atom. The Morgan fingerprint density at radius 2 is 2.03 bits per heavy atom. The van der Waals surface area contributed by atoms with Crippen molar-refractivity contribution in [1.29, 1.82) is 0 Å². The van der Waals surface area contributed by atoms with Crippen LogP contribution in [0.5, 0.6) is 5.75 Å². The number of carbonyl (C=O) groups is 1. The summed E-state index contributed by atoms with van der Waals surface area (Å²) in [6, 6.07) is 13.5. The van der Waals surface area contributed by atoms with Crippen LogP contribution in [-0.4, -0.2) is 38.4 Å². The zero-order valence-corrected chi connectivity index (χ0v) is 17.5. The number of rotatable bonds is 8. The van der Waals surface area contributed by atoms with Crippen molar-refractivity contribution in [3.63, 3.8) is 0 Å². The molecule has 8 nitrogen and oxygen atoms in total. The van der Waals surface area contributed by atoms with Crippen LogP contribution in [-0.2, 0) is 17.9 Å². The van der Waals surface area contributed by atoms with Gasteiger partial charge in [-0.15, -0.1) is 0 Å². The first-order chi connectivity index (χ1) is 15.5. The van der Waals surface area contributed by atoms with Gasteiger partial charge in [0.15, 0.2) is 12.3 Å². The zero-order valence-electron chi connectivity index (χ0n) is 17.5. The van der Waals surface area contributed by atoms with Gasteiger partial charge in [-0.3, -0.25) is 14.2 Å². The minimum atomic E-state index is -0.358. The summed E-state index contributed by atoms with van der Waals surface area (Å²) in [5.41, 5.74) is 1.88. The molecule has 0 fully saturated rings. The Balaban J connectivity index is 1.35. The van der Waals surface area contributed by atoms with E-state index in [1.807, 2.05) is 25.1 Å². The lowest BCUT2D eigenvalue weighted by Crippen LogP contribution is -2.31. The van der Waals surface area contributed by atoms with Crippen LogP contribution in [0.15, 0.2) is 65.8 Å². The molecule has 4 aromatic rings. The maximum absolute atomic E-state index is 13.4. The summed E-state index contributed by atoms with van der Waals surface area (Å²) >= 11 is 0. The predicted molar refractivity (Wildman–Crippen MR) is 117 cm³/mol. The van der Waals surface area contributed by atoms with E-state index in [0.29, 0.717) is 35.4 Å². The molecule has 2 heterocycles. The number of halogens is 1. The van der Waals surface area contributed by atoms with Gasteiger partial charge in [0.2, 0.25) is 0 Å². The van der Waals surface area contributed by atoms with E-state index in [1.165, 1.54) is 29.2 Å². The summed E-state index contributed by atoms with van der Waals surface area (Å²) in [5.74, 6) is 0.0223. The average molecular weight is 435 g/mol. The lowest BCUT2D eigenvalue weighted by atomic mass is 10.2. The predicted octanol–water partition coefficient (Wildman–Crippen LogP) is 2.28. The molecule has 0 aliphatic heterocycles. The van der Waals surface area contributed by atoms with E-state index in [9.17, 15) is 14.0 Å². The second-order valence-corrected chi connectivity index (χ2v) is 7.37. The first-order valence-electron chi connectivity index (χ1n) is 10.1. The summed E-state index contributed by atoms with van der Waals surface area (Å²) < 4.78 is 21.8. The molecule has 9 heteroatoms. The topological polar surface area (TPSA) is 91.0 Å². The van der Waals surface area contributed by atoms with Gasteiger partial charge < -0.3 is 10.1 Å². The molecule has 0 bridgehead atoms. The van der Waals surface area contributed by atoms with E-state index in [2.05, 4.69) is 15.4 Å². The zero-order chi connectivity index (χ0) is 22.5. The van der Waals surface area contributed by atoms with Gasteiger partial charge in [0, 0.05) is 6.54 Å². The molecule has 2 aromatic heterocycles. The number of hydrogen-bond acceptors (Lipinski definition) is 5. The molecule has 0 aliphatic rings. The van der Waals surface area contributed by atoms with Crippen LogP contribution in [0.25, 0.3) is 11.0 Å². The molecular formula is C23H22FN5O3. The van der Waals surface area contributed by atoms with Gasteiger partial charge in [-0.2, -0.15) is 5.10 Å². The highest BCUT2D eigenvalue weighted by atomic mass is 19.1. The van der Waals surface area contributed by atoms with Crippen molar-refractivity contribution in [3.8, 4) is 5.75 Å². The Kier molecular flexibility index (Phi) is 6.25. The second kappa shape index (κ2) is 9.42. The van der Waals surface area contributed by atoms with Crippen LogP contribution in [0, 0.1) is 12.7 Å². The quantitative estimate of drug-likeness (QED) is 0.459. The number of nitrogens with one attached hydrogen (secondary N) is 1. The highest BCUT2D eigenvalue weighted by molar-refractivity contribution is 5.77. The summed E-state index contributed by atoms with van der Waals surface area (Å²) in [5, 5.41) is 7.34. The molecule has 2 aromatic carbocycles. The first kappa shape index (κ1) is 21.2. The largest absolute Gasteiger partial charge is 0.484 e. The Bertz CT molecular complexity index is 1310. The van der Waals surface area contributed by atoms with Crippen molar-refractivity contribution < 1.29 is 13.9 Å². The highest BCUT2D eigenvalue weighted by Crippen LogP contribution is 2.12. The molecule has 0 unspecified atom stereocenters. The number of aromatic nitrogens is 4. The van der Waals surface area contributed by atoms with Crippen molar-refractivity contribution >= 4 is 16.9 Å². The van der Waals surface area contributed by atoms with Crippen molar-refractivity contribution in [2.45, 2.75) is 20.0 Å². The number of benzene rings is 2. The number of fused-ring (bicyclic) bond motifs is 1. The molecule has 0 spiro atoms. The molecule has 0 saturated heterocycles. The van der Waals surface area contributed by atoms with Crippen LogP contribution in [0.1, 0.15) is 11.1 Å². The highest BCUT2D eigenvalue weighted by Gasteiger charge is 2.11. The Hall–Kier alpha value is -4.01. The second-order valence-electron chi connectivity index (χ2n) is 7.37. The molecular weight excluding hydrogens is 413 g/mol. The molecule has 164 valence electrons. The number of aryl methyl sites for hydroxylation is 1.